The van der Waals surface area contributed by atoms with E-state index in [1.165, 1.54) is 12.1 Å². The summed E-state index contributed by atoms with van der Waals surface area (Å²) in [5, 5.41) is 8.91. The molecular weight excluding hydrogens is 541 g/mol. The number of ether oxygens (including phenoxy) is 1. The maximum absolute atomic E-state index is 14.7. The number of fused-ring (bicyclic) bond motifs is 3. The highest BCUT2D eigenvalue weighted by Crippen LogP contribution is 2.55. The molecule has 3 aliphatic rings. The van der Waals surface area contributed by atoms with Gasteiger partial charge in [0.05, 0.1) is 30.2 Å². The number of carbonyl (C=O) groups excluding carboxylic acids is 2. The van der Waals surface area contributed by atoms with Crippen LogP contribution in [0.2, 0.25) is 0 Å². The van der Waals surface area contributed by atoms with Crippen LogP contribution in [0, 0.1) is 18.2 Å². The molecule has 220 valence electrons. The third-order valence-corrected chi connectivity index (χ3v) is 8.33. The molecule has 5 N–H and O–H groups in total. The van der Waals surface area contributed by atoms with Gasteiger partial charge in [0.2, 0.25) is 11.8 Å². The predicted molar refractivity (Wildman–Crippen MR) is 154 cm³/mol. The lowest BCUT2D eigenvalue weighted by Gasteiger charge is -2.23. The average Bonchev–Trinajstić information content (AvgIpc) is 3.52. The van der Waals surface area contributed by atoms with Gasteiger partial charge in [0.25, 0.3) is 0 Å². The summed E-state index contributed by atoms with van der Waals surface area (Å²) in [4.78, 5) is 45.2. The summed E-state index contributed by atoms with van der Waals surface area (Å²) in [5.74, 6) is 0.613. The number of carbonyl (C=O) groups is 2. The quantitative estimate of drug-likeness (QED) is 0.245. The lowest BCUT2D eigenvalue weighted by Crippen LogP contribution is -2.53. The maximum Gasteiger partial charge on any atom is 0.324 e. The number of aromatic nitrogens is 4. The summed E-state index contributed by atoms with van der Waals surface area (Å²) >= 11 is 0. The first-order chi connectivity index (χ1) is 20.1. The van der Waals surface area contributed by atoms with Crippen molar-refractivity contribution in [2.75, 3.05) is 30.4 Å². The summed E-state index contributed by atoms with van der Waals surface area (Å²) in [7, 11) is 1.76. The topological polar surface area (TPSA) is 160 Å². The van der Waals surface area contributed by atoms with Gasteiger partial charge in [0.15, 0.2) is 5.75 Å². The van der Waals surface area contributed by atoms with Crippen LogP contribution in [-0.4, -0.2) is 70.0 Å². The number of amides is 2. The van der Waals surface area contributed by atoms with Crippen LogP contribution in [0.4, 0.5) is 15.9 Å². The number of hydrogen-bond donors (Lipinski definition) is 4. The van der Waals surface area contributed by atoms with E-state index < -0.39 is 12.1 Å². The Hall–Kier alpha value is -4.39. The van der Waals surface area contributed by atoms with E-state index in [1.807, 2.05) is 0 Å². The van der Waals surface area contributed by atoms with E-state index >= 15 is 0 Å². The van der Waals surface area contributed by atoms with E-state index in [1.54, 1.807) is 40.2 Å². The van der Waals surface area contributed by atoms with Gasteiger partial charge in [-0.15, -0.1) is 0 Å². The second-order valence-electron chi connectivity index (χ2n) is 11.4. The highest BCUT2D eigenvalue weighted by molar-refractivity contribution is 5.90. The average molecular weight is 576 g/mol. The number of benzene rings is 1. The molecule has 13 heteroatoms. The zero-order valence-electron chi connectivity index (χ0n) is 24.0. The minimum absolute atomic E-state index is 0.121. The Morgan fingerprint density at radius 2 is 1.90 bits per heavy atom. The van der Waals surface area contributed by atoms with Gasteiger partial charge >= 0.3 is 6.01 Å². The van der Waals surface area contributed by atoms with Crippen LogP contribution in [0.5, 0.6) is 11.8 Å². The Labute approximate surface area is 242 Å². The molecule has 1 aromatic carbocycles. The van der Waals surface area contributed by atoms with Crippen molar-refractivity contribution in [1.29, 1.82) is 0 Å². The predicted octanol–water partition coefficient (Wildman–Crippen LogP) is 2.06. The Balaban J connectivity index is 1.34. The molecule has 1 saturated heterocycles. The Kier molecular flexibility index (Phi) is 6.92. The number of rotatable bonds is 8. The SMILES string of the molecule is CNc1cc(F)cc2c1Cc1nc(Oc3cnc(C)nc3)nc(N3C[C@@H](NC(=O)[C@H](C)NC(=O)[C@@H](C)N)C4(CC4)C3)c1-2. The van der Waals surface area contributed by atoms with Gasteiger partial charge in [-0.2, -0.15) is 9.97 Å². The van der Waals surface area contributed by atoms with Gasteiger partial charge in [-0.05, 0) is 56.9 Å². The fourth-order valence-corrected chi connectivity index (χ4v) is 5.83. The van der Waals surface area contributed by atoms with E-state index in [9.17, 15) is 14.0 Å². The van der Waals surface area contributed by atoms with Crippen LogP contribution in [-0.2, 0) is 16.0 Å². The lowest BCUT2D eigenvalue weighted by atomic mass is 10.0. The Morgan fingerprint density at radius 1 is 1.17 bits per heavy atom. The molecule has 3 aromatic rings. The minimum Gasteiger partial charge on any atom is -0.421 e. The molecule has 12 nitrogen and oxygen atoms in total. The van der Waals surface area contributed by atoms with E-state index in [-0.39, 0.29) is 35.1 Å². The van der Waals surface area contributed by atoms with Crippen LogP contribution in [0.15, 0.2) is 24.5 Å². The summed E-state index contributed by atoms with van der Waals surface area (Å²) in [6.07, 6.45) is 5.50. The monoisotopic (exact) mass is 575 g/mol. The van der Waals surface area contributed by atoms with Gasteiger partial charge in [0.1, 0.15) is 23.5 Å². The van der Waals surface area contributed by atoms with Crippen LogP contribution in [0.3, 0.4) is 0 Å². The van der Waals surface area contributed by atoms with Gasteiger partial charge in [0, 0.05) is 43.2 Å². The molecule has 0 radical (unpaired) electrons. The Bertz CT molecular complexity index is 1560. The molecule has 1 saturated carbocycles. The first-order valence-electron chi connectivity index (χ1n) is 14.1. The molecule has 2 aromatic heterocycles. The van der Waals surface area contributed by atoms with Crippen molar-refractivity contribution < 1.29 is 18.7 Å². The van der Waals surface area contributed by atoms with Crippen LogP contribution >= 0.6 is 0 Å². The second-order valence-corrected chi connectivity index (χ2v) is 11.4. The molecule has 0 bridgehead atoms. The first-order valence-corrected chi connectivity index (χ1v) is 14.1. The molecule has 2 aliphatic carbocycles. The smallest absolute Gasteiger partial charge is 0.324 e. The summed E-state index contributed by atoms with van der Waals surface area (Å²) < 4.78 is 20.7. The molecule has 42 heavy (non-hydrogen) atoms. The zero-order valence-corrected chi connectivity index (χ0v) is 24.0. The molecule has 1 aliphatic heterocycles. The highest BCUT2D eigenvalue weighted by atomic mass is 19.1. The van der Waals surface area contributed by atoms with Gasteiger partial charge in [-0.3, -0.25) is 9.59 Å². The van der Waals surface area contributed by atoms with Crippen molar-refractivity contribution in [3.63, 3.8) is 0 Å². The standard InChI is InChI=1S/C29H34FN9O3/c1-14(31)26(40)35-15(2)27(41)37-23-12-39(13-29(23)5-6-29)25-24-20-7-17(30)8-21(32-4)19(20)9-22(24)36-28(38-25)42-18-10-33-16(3)34-11-18/h7-8,10-11,14-15,23,32H,5-6,9,12-13,31H2,1-4H3,(H,35,40)(H,37,41)/t14-,15+,23-/m1/s1. The fourth-order valence-electron chi connectivity index (χ4n) is 5.83. The van der Waals surface area contributed by atoms with Crippen molar-refractivity contribution in [3.05, 3.63) is 47.4 Å². The maximum atomic E-state index is 14.7. The molecule has 3 heterocycles. The van der Waals surface area contributed by atoms with Crippen molar-refractivity contribution in [1.82, 2.24) is 30.6 Å². The van der Waals surface area contributed by atoms with Crippen molar-refractivity contribution in [2.24, 2.45) is 11.1 Å². The summed E-state index contributed by atoms with van der Waals surface area (Å²) in [5.41, 5.74) is 9.37. The second kappa shape index (κ2) is 10.5. The number of nitrogens with two attached hydrogens (primary N) is 1. The number of halogens is 1. The van der Waals surface area contributed by atoms with Gasteiger partial charge < -0.3 is 31.3 Å². The van der Waals surface area contributed by atoms with Gasteiger partial charge in [-0.25, -0.2) is 14.4 Å². The van der Waals surface area contributed by atoms with Crippen molar-refractivity contribution in [3.8, 4) is 22.9 Å². The molecule has 2 fully saturated rings. The van der Waals surface area contributed by atoms with E-state index in [0.29, 0.717) is 42.6 Å². The summed E-state index contributed by atoms with van der Waals surface area (Å²) in [6, 6.07) is 1.53. The van der Waals surface area contributed by atoms with E-state index in [0.717, 1.165) is 35.2 Å². The fraction of sp³-hybridized carbons (Fsp3) is 0.448. The van der Waals surface area contributed by atoms with Crippen LogP contribution < -0.4 is 31.3 Å². The van der Waals surface area contributed by atoms with Crippen LogP contribution in [0.25, 0.3) is 11.1 Å². The van der Waals surface area contributed by atoms with Crippen LogP contribution in [0.1, 0.15) is 43.8 Å². The lowest BCUT2D eigenvalue weighted by molar-refractivity contribution is -0.129. The molecule has 6 rings (SSSR count). The molecule has 3 atom stereocenters. The number of aryl methyl sites for hydroxylation is 1. The number of anilines is 2. The van der Waals surface area contributed by atoms with Crippen molar-refractivity contribution >= 4 is 23.3 Å². The number of nitrogens with one attached hydrogen (secondary N) is 3. The normalized spacial score (nSPS) is 19.1. The van der Waals surface area contributed by atoms with Gasteiger partial charge in [-0.1, -0.05) is 0 Å². The summed E-state index contributed by atoms with van der Waals surface area (Å²) in [6.45, 7) is 6.13. The van der Waals surface area contributed by atoms with Crippen molar-refractivity contribution in [2.45, 2.75) is 58.2 Å². The third-order valence-electron chi connectivity index (χ3n) is 8.33. The molecular formula is C29H34FN9O3. The molecule has 2 amide bonds. The largest absolute Gasteiger partial charge is 0.421 e. The zero-order chi connectivity index (χ0) is 29.8. The number of hydrogen-bond acceptors (Lipinski definition) is 10. The minimum atomic E-state index is -0.733. The first kappa shape index (κ1) is 27.8. The van der Waals surface area contributed by atoms with E-state index in [4.69, 9.17) is 20.4 Å². The third kappa shape index (κ3) is 5.08. The van der Waals surface area contributed by atoms with E-state index in [2.05, 4.69) is 30.8 Å². The molecule has 0 unspecified atom stereocenters. The number of nitrogens with zero attached hydrogens (tertiary/aromatic N) is 5. The highest BCUT2D eigenvalue weighted by Gasteiger charge is 2.56. The Morgan fingerprint density at radius 3 is 2.57 bits per heavy atom. The molecule has 1 spiro atoms.